The fourth-order valence-corrected chi connectivity index (χ4v) is 2.22. The SMILES string of the molecule is CC.CC.CC.CCC.CCCC(CCC(C)CC)Oc1ccc(C(C)=O)cc1. The van der Waals surface area contributed by atoms with E-state index in [4.69, 9.17) is 4.74 Å². The number of hydrogen-bond donors (Lipinski definition) is 0. The molecule has 174 valence electrons. The number of rotatable bonds is 9. The molecule has 0 bridgehead atoms. The highest BCUT2D eigenvalue weighted by atomic mass is 16.5. The molecule has 0 heterocycles. The summed E-state index contributed by atoms with van der Waals surface area (Å²) in [5.74, 6) is 1.73. The molecule has 0 N–H and O–H groups in total. The van der Waals surface area contributed by atoms with Gasteiger partial charge in [0, 0.05) is 5.56 Å². The third-order valence-corrected chi connectivity index (χ3v) is 3.85. The van der Waals surface area contributed by atoms with Crippen LogP contribution in [0, 0.1) is 5.92 Å². The predicted octanol–water partition coefficient (Wildman–Crippen LogP) is 9.76. The highest BCUT2D eigenvalue weighted by molar-refractivity contribution is 5.94. The molecule has 2 unspecified atom stereocenters. The molecule has 0 saturated carbocycles. The third-order valence-electron chi connectivity index (χ3n) is 3.85. The minimum atomic E-state index is 0.0958. The van der Waals surface area contributed by atoms with Gasteiger partial charge in [-0.2, -0.15) is 0 Å². The summed E-state index contributed by atoms with van der Waals surface area (Å²) in [6.07, 6.45) is 7.31. The van der Waals surface area contributed by atoms with E-state index < -0.39 is 0 Å². The number of carbonyl (C=O) groups is 1. The number of ketones is 1. The topological polar surface area (TPSA) is 26.3 Å². The lowest BCUT2D eigenvalue weighted by atomic mass is 9.99. The second-order valence-electron chi connectivity index (χ2n) is 6.41. The fourth-order valence-electron chi connectivity index (χ4n) is 2.22. The van der Waals surface area contributed by atoms with Crippen molar-refractivity contribution in [3.8, 4) is 5.75 Å². The van der Waals surface area contributed by atoms with Gasteiger partial charge in [-0.05, 0) is 56.4 Å². The zero-order valence-electron chi connectivity index (χ0n) is 22.0. The highest BCUT2D eigenvalue weighted by Crippen LogP contribution is 2.20. The number of Topliss-reactive ketones (excluding diaryl/α,β-unsaturated/α-hetero) is 1. The van der Waals surface area contributed by atoms with Crippen molar-refractivity contribution in [2.75, 3.05) is 0 Å². The molecule has 2 atom stereocenters. The van der Waals surface area contributed by atoms with Crippen molar-refractivity contribution in [3.05, 3.63) is 29.8 Å². The largest absolute Gasteiger partial charge is 0.490 e. The van der Waals surface area contributed by atoms with Crippen LogP contribution in [-0.2, 0) is 0 Å². The summed E-state index contributed by atoms with van der Waals surface area (Å²) in [7, 11) is 0. The number of benzene rings is 1. The zero-order chi connectivity index (χ0) is 23.7. The summed E-state index contributed by atoms with van der Waals surface area (Å²) in [6, 6.07) is 7.50. The molecule has 1 rings (SSSR count). The van der Waals surface area contributed by atoms with E-state index >= 15 is 0 Å². The van der Waals surface area contributed by atoms with Gasteiger partial charge in [0.15, 0.2) is 5.78 Å². The Labute approximate surface area is 184 Å². The minimum absolute atomic E-state index is 0.0958. The van der Waals surface area contributed by atoms with E-state index in [9.17, 15) is 4.79 Å². The van der Waals surface area contributed by atoms with Crippen LogP contribution < -0.4 is 4.74 Å². The lowest BCUT2D eigenvalue weighted by Gasteiger charge is -2.20. The smallest absolute Gasteiger partial charge is 0.159 e. The second-order valence-corrected chi connectivity index (χ2v) is 6.41. The van der Waals surface area contributed by atoms with Gasteiger partial charge in [-0.25, -0.2) is 0 Å². The average Bonchev–Trinajstić information content (AvgIpc) is 2.77. The fraction of sp³-hybridized carbons (Fsp3) is 0.741. The molecule has 0 radical (unpaired) electrons. The van der Waals surface area contributed by atoms with Crippen LogP contribution in [0.25, 0.3) is 0 Å². The van der Waals surface area contributed by atoms with Gasteiger partial charge < -0.3 is 4.74 Å². The standard InChI is InChI=1S/C18H28O2.C3H8.3C2H6/c1-5-7-17(11-8-14(3)6-2)20-18-12-9-16(10-13-18)15(4)19;1-3-2;3*1-2/h9-10,12-14,17H,5-8,11H2,1-4H3;3H2,1-2H3;3*1-2H3. The predicted molar refractivity (Wildman–Crippen MR) is 134 cm³/mol. The Balaban J connectivity index is -0.000000301. The maximum absolute atomic E-state index is 11.3. The van der Waals surface area contributed by atoms with Gasteiger partial charge in [0.1, 0.15) is 5.75 Å². The van der Waals surface area contributed by atoms with Crippen LogP contribution in [0.1, 0.15) is 132 Å². The van der Waals surface area contributed by atoms with Crippen molar-refractivity contribution in [2.45, 2.75) is 128 Å². The molecular weight excluding hydrogens is 356 g/mol. The van der Waals surface area contributed by atoms with E-state index in [0.29, 0.717) is 0 Å². The summed E-state index contributed by atoms with van der Waals surface area (Å²) in [5, 5.41) is 0. The van der Waals surface area contributed by atoms with Gasteiger partial charge in [-0.15, -0.1) is 0 Å². The van der Waals surface area contributed by atoms with Crippen molar-refractivity contribution in [3.63, 3.8) is 0 Å². The molecule has 0 aliphatic rings. The first-order chi connectivity index (χ1) is 14.0. The van der Waals surface area contributed by atoms with Crippen molar-refractivity contribution >= 4 is 5.78 Å². The summed E-state index contributed by atoms with van der Waals surface area (Å²) in [6.45, 7) is 24.6. The second kappa shape index (κ2) is 28.9. The normalized spacial score (nSPS) is 10.8. The summed E-state index contributed by atoms with van der Waals surface area (Å²) in [4.78, 5) is 11.3. The number of carbonyl (C=O) groups excluding carboxylic acids is 1. The van der Waals surface area contributed by atoms with Crippen LogP contribution in [0.4, 0.5) is 0 Å². The summed E-state index contributed by atoms with van der Waals surface area (Å²) < 4.78 is 6.07. The minimum Gasteiger partial charge on any atom is -0.490 e. The van der Waals surface area contributed by atoms with Gasteiger partial charge in [-0.3, -0.25) is 4.79 Å². The first-order valence-corrected chi connectivity index (χ1v) is 12.3. The summed E-state index contributed by atoms with van der Waals surface area (Å²) >= 11 is 0. The molecule has 2 heteroatoms. The molecule has 0 aromatic heterocycles. The number of ether oxygens (including phenoxy) is 1. The quantitative estimate of drug-likeness (QED) is 0.378. The van der Waals surface area contributed by atoms with Crippen molar-refractivity contribution in [2.24, 2.45) is 5.92 Å². The van der Waals surface area contributed by atoms with Gasteiger partial charge in [0.25, 0.3) is 0 Å². The van der Waals surface area contributed by atoms with E-state index in [-0.39, 0.29) is 11.9 Å². The monoisotopic (exact) mass is 410 g/mol. The lowest BCUT2D eigenvalue weighted by molar-refractivity contribution is 0.101. The van der Waals surface area contributed by atoms with Crippen molar-refractivity contribution in [1.29, 1.82) is 0 Å². The molecule has 1 aromatic rings. The molecule has 1 aromatic carbocycles. The van der Waals surface area contributed by atoms with Gasteiger partial charge in [-0.1, -0.05) is 95.4 Å². The molecule has 29 heavy (non-hydrogen) atoms. The zero-order valence-corrected chi connectivity index (χ0v) is 22.0. The molecule has 0 aliphatic heterocycles. The van der Waals surface area contributed by atoms with E-state index in [1.807, 2.05) is 65.8 Å². The van der Waals surface area contributed by atoms with Crippen LogP contribution in [0.3, 0.4) is 0 Å². The number of hydrogen-bond acceptors (Lipinski definition) is 2. The van der Waals surface area contributed by atoms with Gasteiger partial charge >= 0.3 is 0 Å². The molecular formula is C27H54O2. The summed E-state index contributed by atoms with van der Waals surface area (Å²) in [5.41, 5.74) is 0.740. The lowest BCUT2D eigenvalue weighted by Crippen LogP contribution is -2.17. The first kappa shape index (κ1) is 35.1. The van der Waals surface area contributed by atoms with Gasteiger partial charge in [0.05, 0.1) is 6.10 Å². The third kappa shape index (κ3) is 22.8. The van der Waals surface area contributed by atoms with Crippen LogP contribution >= 0.6 is 0 Å². The average molecular weight is 411 g/mol. The van der Waals surface area contributed by atoms with Crippen LogP contribution in [0.2, 0.25) is 0 Å². The van der Waals surface area contributed by atoms with Crippen LogP contribution in [0.5, 0.6) is 5.75 Å². The molecule has 0 aliphatic carbocycles. The van der Waals surface area contributed by atoms with E-state index in [0.717, 1.165) is 36.5 Å². The molecule has 0 amide bonds. The first-order valence-electron chi connectivity index (χ1n) is 12.3. The molecule has 2 nitrogen and oxygen atoms in total. The Morgan fingerprint density at radius 1 is 0.828 bits per heavy atom. The Morgan fingerprint density at radius 3 is 1.62 bits per heavy atom. The highest BCUT2D eigenvalue weighted by Gasteiger charge is 2.12. The molecule has 0 spiro atoms. The Bertz CT molecular complexity index is 409. The van der Waals surface area contributed by atoms with Crippen molar-refractivity contribution in [1.82, 2.24) is 0 Å². The molecule has 0 fully saturated rings. The van der Waals surface area contributed by atoms with Crippen LogP contribution in [-0.4, -0.2) is 11.9 Å². The maximum atomic E-state index is 11.3. The van der Waals surface area contributed by atoms with Gasteiger partial charge in [0.2, 0.25) is 0 Å². The van der Waals surface area contributed by atoms with E-state index in [1.165, 1.54) is 19.3 Å². The van der Waals surface area contributed by atoms with E-state index in [2.05, 4.69) is 34.6 Å². The van der Waals surface area contributed by atoms with E-state index in [1.54, 1.807) is 6.92 Å². The van der Waals surface area contributed by atoms with Crippen molar-refractivity contribution < 1.29 is 9.53 Å². The Morgan fingerprint density at radius 2 is 1.28 bits per heavy atom. The van der Waals surface area contributed by atoms with Crippen LogP contribution in [0.15, 0.2) is 24.3 Å². The maximum Gasteiger partial charge on any atom is 0.159 e. The molecule has 0 saturated heterocycles. The Kier molecular flexibility index (Phi) is 35.0. The Hall–Kier alpha value is -1.31.